The number of likely N-dealkylation sites (N-methyl/N-ethyl adjacent to an activating group) is 1. The highest BCUT2D eigenvalue weighted by Crippen LogP contribution is 2.29. The number of methoxy groups -OCH3 is 1. The van der Waals surface area contributed by atoms with Gasteiger partial charge in [-0.25, -0.2) is 13.2 Å². The molecule has 44 heavy (non-hydrogen) atoms. The van der Waals surface area contributed by atoms with E-state index in [1.807, 2.05) is 67.6 Å². The highest BCUT2D eigenvalue weighted by atomic mass is 32.2. The van der Waals surface area contributed by atoms with Crippen molar-refractivity contribution in [2.75, 3.05) is 26.5 Å². The predicted molar refractivity (Wildman–Crippen MR) is 171 cm³/mol. The average molecular weight is 625 g/mol. The van der Waals surface area contributed by atoms with Crippen molar-refractivity contribution in [3.63, 3.8) is 0 Å². The van der Waals surface area contributed by atoms with Crippen LogP contribution in [0.15, 0.2) is 89.8 Å². The van der Waals surface area contributed by atoms with Crippen LogP contribution in [0, 0.1) is 0 Å². The summed E-state index contributed by atoms with van der Waals surface area (Å²) in [6, 6.07) is 23.1. The molecule has 2 amide bonds. The van der Waals surface area contributed by atoms with Crippen LogP contribution in [0.2, 0.25) is 0 Å². The number of ether oxygens (including phenoxy) is 1. The lowest BCUT2D eigenvalue weighted by Gasteiger charge is -2.30. The van der Waals surface area contributed by atoms with Crippen LogP contribution in [-0.2, 0) is 19.6 Å². The van der Waals surface area contributed by atoms with Crippen LogP contribution in [0.4, 0.5) is 10.5 Å². The highest BCUT2D eigenvalue weighted by molar-refractivity contribution is 7.89. The molecule has 0 aromatic heterocycles. The molecule has 0 fully saturated rings. The summed E-state index contributed by atoms with van der Waals surface area (Å²) < 4.78 is 32.4. The second-order valence-corrected chi connectivity index (χ2v) is 12.8. The van der Waals surface area contributed by atoms with Gasteiger partial charge in [-0.1, -0.05) is 74.0 Å². The SMILES string of the molecule is CCC[C@@H](CCC[C@@H](CO)N(C)S(=O)(=O)c1ccc(N)cc1)NC(=O)[C@@H](NC(=O)OC)C(c1ccccc1)c1ccccc1. The first-order chi connectivity index (χ1) is 21.1. The van der Waals surface area contributed by atoms with Crippen molar-refractivity contribution < 1.29 is 27.9 Å². The first kappa shape index (κ1) is 34.6. The van der Waals surface area contributed by atoms with Gasteiger partial charge in [-0.2, -0.15) is 4.31 Å². The molecule has 3 aromatic rings. The summed E-state index contributed by atoms with van der Waals surface area (Å²) in [4.78, 5) is 26.5. The molecule has 0 spiro atoms. The smallest absolute Gasteiger partial charge is 0.407 e. The summed E-state index contributed by atoms with van der Waals surface area (Å²) >= 11 is 0. The molecule has 0 bridgehead atoms. The molecule has 11 heteroatoms. The normalized spacial score (nSPS) is 13.7. The van der Waals surface area contributed by atoms with Crippen LogP contribution in [0.5, 0.6) is 0 Å². The number of hydrogen-bond acceptors (Lipinski definition) is 7. The fraction of sp³-hybridized carbons (Fsp3) is 0.394. The van der Waals surface area contributed by atoms with Crippen LogP contribution in [0.25, 0.3) is 0 Å². The quantitative estimate of drug-likeness (QED) is 0.174. The number of carbonyl (C=O) groups is 2. The zero-order valence-corrected chi connectivity index (χ0v) is 26.4. The number of sulfonamides is 1. The predicted octanol–water partition coefficient (Wildman–Crippen LogP) is 4.26. The van der Waals surface area contributed by atoms with Crippen molar-refractivity contribution in [3.05, 3.63) is 96.1 Å². The van der Waals surface area contributed by atoms with Crippen LogP contribution in [0.3, 0.4) is 0 Å². The number of alkyl carbamates (subject to hydrolysis) is 1. The molecule has 0 aliphatic rings. The number of benzene rings is 3. The van der Waals surface area contributed by atoms with Gasteiger partial charge in [-0.15, -0.1) is 0 Å². The number of nitrogens with one attached hydrogen (secondary N) is 2. The van der Waals surface area contributed by atoms with Gasteiger partial charge in [-0.3, -0.25) is 4.79 Å². The van der Waals surface area contributed by atoms with E-state index in [-0.39, 0.29) is 23.5 Å². The molecule has 0 unspecified atom stereocenters. The molecular formula is C33H44N4O6S. The minimum absolute atomic E-state index is 0.0966. The van der Waals surface area contributed by atoms with Gasteiger partial charge in [0.1, 0.15) is 6.04 Å². The van der Waals surface area contributed by atoms with Gasteiger partial charge >= 0.3 is 6.09 Å². The number of nitrogen functional groups attached to an aromatic ring is 1. The van der Waals surface area contributed by atoms with Crippen molar-refractivity contribution in [1.29, 1.82) is 0 Å². The number of amides is 2. The lowest BCUT2D eigenvalue weighted by molar-refractivity contribution is -0.124. The standard InChI is InChI=1S/C33H44N4O6S/c1-4-12-27(17-11-18-28(23-38)37(2)44(41,42)29-21-19-26(34)20-22-29)35-32(39)31(36-33(40)43-3)30(24-13-7-5-8-14-24)25-15-9-6-10-16-25/h5-10,13-16,19-22,27-28,30-31,38H,4,11-12,17-18,23,34H2,1-3H3,(H,35,39)(H,36,40)/t27-,28-,31-/m0/s1. The Morgan fingerprint density at radius 2 is 1.45 bits per heavy atom. The lowest BCUT2D eigenvalue weighted by Crippen LogP contribution is -2.52. The van der Waals surface area contributed by atoms with Gasteiger partial charge in [0.2, 0.25) is 15.9 Å². The number of aliphatic hydroxyl groups excluding tert-OH is 1. The van der Waals surface area contributed by atoms with E-state index >= 15 is 0 Å². The van der Waals surface area contributed by atoms with E-state index in [2.05, 4.69) is 10.6 Å². The molecule has 10 nitrogen and oxygen atoms in total. The fourth-order valence-corrected chi connectivity index (χ4v) is 6.68. The molecule has 0 aliphatic carbocycles. The Balaban J connectivity index is 1.76. The summed E-state index contributed by atoms with van der Waals surface area (Å²) in [6.07, 6.45) is 2.26. The maximum Gasteiger partial charge on any atom is 0.407 e. The minimum atomic E-state index is -3.84. The Kier molecular flexibility index (Phi) is 13.2. The number of anilines is 1. The Hall–Kier alpha value is -3.93. The molecule has 238 valence electrons. The third-order valence-electron chi connectivity index (χ3n) is 7.75. The molecule has 0 heterocycles. The number of carbonyl (C=O) groups excluding carboxylic acids is 2. The minimum Gasteiger partial charge on any atom is -0.453 e. The maximum absolute atomic E-state index is 13.9. The number of hydrogen-bond donors (Lipinski definition) is 4. The third-order valence-corrected chi connectivity index (χ3v) is 9.67. The average Bonchev–Trinajstić information content (AvgIpc) is 3.03. The lowest BCUT2D eigenvalue weighted by atomic mass is 9.84. The largest absolute Gasteiger partial charge is 0.453 e. The Morgan fingerprint density at radius 3 is 1.95 bits per heavy atom. The fourth-order valence-electron chi connectivity index (χ4n) is 5.30. The van der Waals surface area contributed by atoms with Crippen LogP contribution < -0.4 is 16.4 Å². The zero-order chi connectivity index (χ0) is 32.1. The first-order valence-corrected chi connectivity index (χ1v) is 16.3. The molecule has 0 radical (unpaired) electrons. The molecule has 3 aromatic carbocycles. The molecule has 0 aliphatic heterocycles. The second kappa shape index (κ2) is 16.8. The van der Waals surface area contributed by atoms with Crippen molar-refractivity contribution in [1.82, 2.24) is 14.9 Å². The van der Waals surface area contributed by atoms with Gasteiger partial charge in [0, 0.05) is 30.7 Å². The number of nitrogens with zero attached hydrogens (tertiary/aromatic N) is 1. The monoisotopic (exact) mass is 624 g/mol. The Bertz CT molecular complexity index is 1380. The van der Waals surface area contributed by atoms with Crippen molar-refractivity contribution in [3.8, 4) is 0 Å². The van der Waals surface area contributed by atoms with Crippen molar-refractivity contribution >= 4 is 27.7 Å². The van der Waals surface area contributed by atoms with E-state index in [0.717, 1.165) is 17.5 Å². The third kappa shape index (κ3) is 9.28. The molecule has 3 atom stereocenters. The molecular weight excluding hydrogens is 580 g/mol. The second-order valence-electron chi connectivity index (χ2n) is 10.8. The summed E-state index contributed by atoms with van der Waals surface area (Å²) in [5.74, 6) is -0.835. The van der Waals surface area contributed by atoms with E-state index < -0.39 is 34.1 Å². The topological polar surface area (TPSA) is 151 Å². The zero-order valence-electron chi connectivity index (χ0n) is 25.6. The summed E-state index contributed by atoms with van der Waals surface area (Å²) in [6.45, 7) is 1.67. The summed E-state index contributed by atoms with van der Waals surface area (Å²) in [5, 5.41) is 16.0. The van der Waals surface area contributed by atoms with Gasteiger partial charge < -0.3 is 26.2 Å². The molecule has 0 saturated heterocycles. The maximum atomic E-state index is 13.9. The Labute approximate surface area is 260 Å². The molecule has 5 N–H and O–H groups in total. The van der Waals surface area contributed by atoms with Gasteiger partial charge in [-0.05, 0) is 61.1 Å². The number of nitrogens with two attached hydrogens (primary N) is 1. The highest BCUT2D eigenvalue weighted by Gasteiger charge is 2.34. The van der Waals surface area contributed by atoms with Gasteiger partial charge in [0.15, 0.2) is 0 Å². The van der Waals surface area contributed by atoms with Crippen molar-refractivity contribution in [2.24, 2.45) is 0 Å². The van der Waals surface area contributed by atoms with E-state index in [9.17, 15) is 23.1 Å². The first-order valence-electron chi connectivity index (χ1n) is 14.8. The Morgan fingerprint density at radius 1 is 0.886 bits per heavy atom. The van der Waals surface area contributed by atoms with E-state index in [4.69, 9.17) is 10.5 Å². The molecule has 3 rings (SSSR count). The molecule has 0 saturated carbocycles. The summed E-state index contributed by atoms with van der Waals surface area (Å²) in [5.41, 5.74) is 7.88. The van der Waals surface area contributed by atoms with Crippen molar-refractivity contribution in [2.45, 2.75) is 68.0 Å². The van der Waals surface area contributed by atoms with Crippen LogP contribution >= 0.6 is 0 Å². The van der Waals surface area contributed by atoms with E-state index in [0.29, 0.717) is 31.4 Å². The van der Waals surface area contributed by atoms with Gasteiger partial charge in [0.25, 0.3) is 0 Å². The summed E-state index contributed by atoms with van der Waals surface area (Å²) in [7, 11) is -1.13. The van der Waals surface area contributed by atoms with Crippen LogP contribution in [-0.4, -0.2) is 68.7 Å². The van der Waals surface area contributed by atoms with Crippen LogP contribution in [0.1, 0.15) is 56.1 Å². The van der Waals surface area contributed by atoms with E-state index in [1.165, 1.54) is 42.7 Å². The van der Waals surface area contributed by atoms with Gasteiger partial charge in [0.05, 0.1) is 18.6 Å². The number of aliphatic hydroxyl groups is 1. The number of rotatable bonds is 16. The van der Waals surface area contributed by atoms with E-state index in [1.54, 1.807) is 0 Å².